The maximum absolute atomic E-state index is 10.6. The van der Waals surface area contributed by atoms with Gasteiger partial charge < -0.3 is 14.3 Å². The SMILES string of the molecule is Cc1cc(Oc2nc(C(=O)O)co2)ccc1Cl. The Morgan fingerprint density at radius 1 is 1.53 bits per heavy atom. The van der Waals surface area contributed by atoms with Crippen molar-refractivity contribution in [2.75, 3.05) is 0 Å². The highest BCUT2D eigenvalue weighted by molar-refractivity contribution is 6.31. The van der Waals surface area contributed by atoms with Gasteiger partial charge in [-0.05, 0) is 30.7 Å². The first-order chi connectivity index (χ1) is 8.06. The zero-order valence-corrected chi connectivity index (χ0v) is 9.56. The van der Waals surface area contributed by atoms with Crippen LogP contribution in [-0.2, 0) is 0 Å². The molecule has 0 saturated carbocycles. The summed E-state index contributed by atoms with van der Waals surface area (Å²) in [5, 5.41) is 9.27. The van der Waals surface area contributed by atoms with Crippen LogP contribution in [0.4, 0.5) is 0 Å². The summed E-state index contributed by atoms with van der Waals surface area (Å²) in [5.74, 6) is -0.693. The highest BCUT2D eigenvalue weighted by Gasteiger charge is 2.12. The predicted molar refractivity (Wildman–Crippen MR) is 59.7 cm³/mol. The second-order valence-corrected chi connectivity index (χ2v) is 3.72. The minimum absolute atomic E-state index is 0.121. The van der Waals surface area contributed by atoms with Crippen LogP contribution >= 0.6 is 11.6 Å². The third-order valence-corrected chi connectivity index (χ3v) is 2.46. The number of halogens is 1. The van der Waals surface area contributed by atoms with Crippen LogP contribution < -0.4 is 4.74 Å². The molecular formula is C11H8ClNO4. The van der Waals surface area contributed by atoms with Gasteiger partial charge in [-0.25, -0.2) is 4.79 Å². The van der Waals surface area contributed by atoms with Crippen molar-refractivity contribution in [3.63, 3.8) is 0 Å². The van der Waals surface area contributed by atoms with E-state index < -0.39 is 5.97 Å². The minimum Gasteiger partial charge on any atom is -0.476 e. The Morgan fingerprint density at radius 2 is 2.29 bits per heavy atom. The number of nitrogens with zero attached hydrogens (tertiary/aromatic N) is 1. The second-order valence-electron chi connectivity index (χ2n) is 3.32. The smallest absolute Gasteiger partial charge is 0.399 e. The van der Waals surface area contributed by atoms with Crippen LogP contribution in [0.3, 0.4) is 0 Å². The van der Waals surface area contributed by atoms with E-state index in [9.17, 15) is 4.79 Å². The van der Waals surface area contributed by atoms with Crippen LogP contribution in [0.5, 0.6) is 11.8 Å². The molecule has 0 aliphatic rings. The Balaban J connectivity index is 2.19. The predicted octanol–water partition coefficient (Wildman–Crippen LogP) is 3.13. The van der Waals surface area contributed by atoms with Crippen LogP contribution in [0.15, 0.2) is 28.9 Å². The van der Waals surface area contributed by atoms with Gasteiger partial charge in [0.15, 0.2) is 5.69 Å². The van der Waals surface area contributed by atoms with Crippen molar-refractivity contribution in [3.05, 3.63) is 40.7 Å². The molecule has 0 saturated heterocycles. The summed E-state index contributed by atoms with van der Waals surface area (Å²) in [6, 6.07) is 5.01. The highest BCUT2D eigenvalue weighted by atomic mass is 35.5. The minimum atomic E-state index is -1.17. The number of rotatable bonds is 3. The lowest BCUT2D eigenvalue weighted by Crippen LogP contribution is -1.95. The van der Waals surface area contributed by atoms with Gasteiger partial charge in [0.1, 0.15) is 12.0 Å². The van der Waals surface area contributed by atoms with Gasteiger partial charge in [0.05, 0.1) is 0 Å². The first-order valence-corrected chi connectivity index (χ1v) is 5.07. The van der Waals surface area contributed by atoms with E-state index in [-0.39, 0.29) is 11.8 Å². The monoisotopic (exact) mass is 253 g/mol. The van der Waals surface area contributed by atoms with Gasteiger partial charge >= 0.3 is 12.0 Å². The standard InChI is InChI=1S/C11H8ClNO4/c1-6-4-7(2-3-8(6)12)17-11-13-9(5-16-11)10(14)15/h2-5H,1H3,(H,14,15). The number of oxazole rings is 1. The molecule has 0 radical (unpaired) electrons. The Morgan fingerprint density at radius 3 is 2.88 bits per heavy atom. The molecule has 0 bridgehead atoms. The quantitative estimate of drug-likeness (QED) is 0.910. The van der Waals surface area contributed by atoms with Gasteiger partial charge in [-0.3, -0.25) is 0 Å². The molecule has 6 heteroatoms. The molecule has 0 unspecified atom stereocenters. The van der Waals surface area contributed by atoms with Gasteiger partial charge in [-0.15, -0.1) is 0 Å². The zero-order valence-electron chi connectivity index (χ0n) is 8.81. The van der Waals surface area contributed by atoms with Crippen LogP contribution in [0.25, 0.3) is 0 Å². The fourth-order valence-corrected chi connectivity index (χ4v) is 1.30. The van der Waals surface area contributed by atoms with Crippen LogP contribution in [0.2, 0.25) is 5.02 Å². The molecule has 0 aliphatic carbocycles. The Hall–Kier alpha value is -2.01. The van der Waals surface area contributed by atoms with Crippen molar-refractivity contribution >= 4 is 17.6 Å². The number of carbonyl (C=O) groups is 1. The Kier molecular flexibility index (Phi) is 3.01. The van der Waals surface area contributed by atoms with Crippen molar-refractivity contribution in [1.29, 1.82) is 0 Å². The highest BCUT2D eigenvalue weighted by Crippen LogP contribution is 2.25. The molecule has 0 spiro atoms. The molecular weight excluding hydrogens is 246 g/mol. The summed E-state index contributed by atoms with van der Waals surface area (Å²) >= 11 is 5.86. The van der Waals surface area contributed by atoms with Crippen LogP contribution in [-0.4, -0.2) is 16.1 Å². The Bertz CT molecular complexity index is 564. The van der Waals surface area contributed by atoms with E-state index in [2.05, 4.69) is 4.98 Å². The molecule has 0 fully saturated rings. The third-order valence-electron chi connectivity index (χ3n) is 2.04. The topological polar surface area (TPSA) is 72.6 Å². The van der Waals surface area contributed by atoms with Crippen LogP contribution in [0, 0.1) is 6.92 Å². The molecule has 1 heterocycles. The molecule has 2 aromatic rings. The molecule has 1 N–H and O–H groups in total. The largest absolute Gasteiger partial charge is 0.476 e. The summed E-state index contributed by atoms with van der Waals surface area (Å²) < 4.78 is 10.1. The summed E-state index contributed by atoms with van der Waals surface area (Å²) in [4.78, 5) is 14.2. The summed E-state index contributed by atoms with van der Waals surface area (Å²) in [6.45, 7) is 1.83. The van der Waals surface area contributed by atoms with E-state index in [1.165, 1.54) is 0 Å². The van der Waals surface area contributed by atoms with Crippen molar-refractivity contribution in [1.82, 2.24) is 4.98 Å². The Labute approximate surface area is 102 Å². The third kappa shape index (κ3) is 2.57. The molecule has 5 nitrogen and oxygen atoms in total. The van der Waals surface area contributed by atoms with E-state index in [0.717, 1.165) is 11.8 Å². The van der Waals surface area contributed by atoms with Gasteiger partial charge in [0.2, 0.25) is 0 Å². The number of hydrogen-bond acceptors (Lipinski definition) is 4. The average molecular weight is 254 g/mol. The van der Waals surface area contributed by atoms with Gasteiger partial charge in [0, 0.05) is 5.02 Å². The number of carboxylic acid groups (broad SMARTS) is 1. The number of ether oxygens (including phenoxy) is 1. The molecule has 2 rings (SSSR count). The zero-order chi connectivity index (χ0) is 12.4. The number of hydrogen-bond donors (Lipinski definition) is 1. The number of aryl methyl sites for hydroxylation is 1. The molecule has 88 valence electrons. The fourth-order valence-electron chi connectivity index (χ4n) is 1.18. The number of carboxylic acids is 1. The summed E-state index contributed by atoms with van der Waals surface area (Å²) in [6.07, 6.45) is 0.893. The van der Waals surface area contributed by atoms with Gasteiger partial charge in [-0.1, -0.05) is 11.6 Å². The normalized spacial score (nSPS) is 10.2. The first-order valence-electron chi connectivity index (χ1n) is 4.69. The van der Waals surface area contributed by atoms with Crippen LogP contribution in [0.1, 0.15) is 16.1 Å². The van der Waals surface area contributed by atoms with E-state index in [0.29, 0.717) is 10.8 Å². The lowest BCUT2D eigenvalue weighted by atomic mass is 10.2. The summed E-state index contributed by atoms with van der Waals surface area (Å²) in [5.41, 5.74) is 0.639. The van der Waals surface area contributed by atoms with Crippen molar-refractivity contribution in [2.24, 2.45) is 0 Å². The van der Waals surface area contributed by atoms with E-state index in [1.807, 2.05) is 6.92 Å². The fraction of sp³-hybridized carbons (Fsp3) is 0.0909. The molecule has 0 amide bonds. The molecule has 1 aromatic carbocycles. The lowest BCUT2D eigenvalue weighted by Gasteiger charge is -2.02. The van der Waals surface area contributed by atoms with Crippen molar-refractivity contribution in [3.8, 4) is 11.8 Å². The summed E-state index contributed by atoms with van der Waals surface area (Å²) in [7, 11) is 0. The first kappa shape index (κ1) is 11.5. The van der Waals surface area contributed by atoms with Gasteiger partial charge in [-0.2, -0.15) is 4.98 Å². The number of aromatic nitrogens is 1. The molecule has 0 atom stereocenters. The van der Waals surface area contributed by atoms with E-state index in [4.69, 9.17) is 25.9 Å². The van der Waals surface area contributed by atoms with E-state index in [1.54, 1.807) is 18.2 Å². The maximum atomic E-state index is 10.6. The molecule has 0 aliphatic heterocycles. The maximum Gasteiger partial charge on any atom is 0.399 e. The van der Waals surface area contributed by atoms with Gasteiger partial charge in [0.25, 0.3) is 0 Å². The molecule has 1 aromatic heterocycles. The number of benzene rings is 1. The van der Waals surface area contributed by atoms with Crippen molar-refractivity contribution < 1.29 is 19.1 Å². The average Bonchev–Trinajstić information content (AvgIpc) is 2.72. The molecule has 17 heavy (non-hydrogen) atoms. The van der Waals surface area contributed by atoms with E-state index >= 15 is 0 Å². The number of aromatic carboxylic acids is 1. The second kappa shape index (κ2) is 4.47. The lowest BCUT2D eigenvalue weighted by molar-refractivity contribution is 0.0690. The van der Waals surface area contributed by atoms with Crippen molar-refractivity contribution in [2.45, 2.75) is 6.92 Å².